The zero-order chi connectivity index (χ0) is 26.2. The van der Waals surface area contributed by atoms with E-state index in [1.165, 1.54) is 0 Å². The van der Waals surface area contributed by atoms with Gasteiger partial charge in [0.25, 0.3) is 0 Å². The molecule has 0 aromatic rings. The molecule has 1 aliphatic carbocycles. The molecular weight excluding hydrogens is 460 g/mol. The van der Waals surface area contributed by atoms with E-state index in [9.17, 15) is 39.6 Å². The summed E-state index contributed by atoms with van der Waals surface area (Å²) >= 11 is 0. The molecule has 0 amide bonds. The number of rotatable bonds is 13. The van der Waals surface area contributed by atoms with Crippen molar-refractivity contribution in [2.24, 2.45) is 11.8 Å². The van der Waals surface area contributed by atoms with Crippen molar-refractivity contribution < 1.29 is 44.0 Å². The molecule has 0 radical (unpaired) electrons. The van der Waals surface area contributed by atoms with Crippen LogP contribution >= 0.6 is 0 Å². The minimum Gasteiger partial charge on any atom is -0.478 e. The Morgan fingerprint density at radius 2 is 1.32 bits per heavy atom. The molecule has 0 aliphatic heterocycles. The highest BCUT2D eigenvalue weighted by Crippen LogP contribution is 2.40. The molecule has 0 heterocycles. The van der Waals surface area contributed by atoms with E-state index in [1.54, 1.807) is 0 Å². The maximum absolute atomic E-state index is 12.5. The van der Waals surface area contributed by atoms with Gasteiger partial charge < -0.3 is 24.9 Å². The van der Waals surface area contributed by atoms with Crippen LogP contribution in [0.5, 0.6) is 0 Å². The first-order valence-corrected chi connectivity index (χ1v) is 15.2. The molecule has 10 heteroatoms. The molecule has 0 spiro atoms. The predicted molar refractivity (Wildman–Crippen MR) is 128 cm³/mol. The fraction of sp³-hybridized carbons (Fsp3) is 0.667. The van der Waals surface area contributed by atoms with E-state index in [0.29, 0.717) is 25.7 Å². The molecule has 0 aromatic heterocycles. The van der Waals surface area contributed by atoms with E-state index in [-0.39, 0.29) is 35.1 Å². The molecule has 0 saturated carbocycles. The van der Waals surface area contributed by atoms with Crippen LogP contribution in [0.25, 0.3) is 0 Å². The summed E-state index contributed by atoms with van der Waals surface area (Å²) in [5, 5.41) is 40.1. The molecule has 34 heavy (non-hydrogen) atoms. The molecule has 0 saturated heterocycles. The van der Waals surface area contributed by atoms with Gasteiger partial charge in [-0.15, -0.1) is 0 Å². The lowest BCUT2D eigenvalue weighted by Crippen LogP contribution is -2.40. The minimum atomic E-state index is -2.26. The van der Waals surface area contributed by atoms with Crippen LogP contribution in [0, 0.1) is 11.8 Å². The number of unbranched alkanes of at least 4 members (excludes halogenated alkanes) is 2. The highest BCUT2D eigenvalue weighted by molar-refractivity contribution is 6.69. The van der Waals surface area contributed by atoms with E-state index in [0.717, 1.165) is 6.42 Å². The van der Waals surface area contributed by atoms with Gasteiger partial charge in [-0.25, -0.2) is 19.2 Å². The molecule has 0 aromatic carbocycles. The monoisotopic (exact) mass is 498 g/mol. The maximum atomic E-state index is 12.5. The summed E-state index contributed by atoms with van der Waals surface area (Å²) in [5.74, 6) is -7.76. The Bertz CT molecular complexity index is 851. The second-order valence-corrected chi connectivity index (χ2v) is 14.2. The second-order valence-electron chi connectivity index (χ2n) is 9.77. The zero-order valence-electron chi connectivity index (χ0n) is 20.7. The largest absolute Gasteiger partial charge is 0.478 e. The normalized spacial score (nSPS) is 20.5. The summed E-state index contributed by atoms with van der Waals surface area (Å²) in [7, 11) is -2.26. The van der Waals surface area contributed by atoms with Gasteiger partial charge in [0.2, 0.25) is 0 Å². The van der Waals surface area contributed by atoms with Crippen LogP contribution in [0.1, 0.15) is 65.2 Å². The third-order valence-electron chi connectivity index (χ3n) is 5.98. The Morgan fingerprint density at radius 3 is 1.74 bits per heavy atom. The summed E-state index contributed by atoms with van der Waals surface area (Å²) in [4.78, 5) is 49.3. The van der Waals surface area contributed by atoms with Crippen molar-refractivity contribution in [2.45, 2.75) is 91.0 Å². The van der Waals surface area contributed by atoms with Crippen LogP contribution in [0.3, 0.4) is 0 Å². The van der Waals surface area contributed by atoms with Crippen LogP contribution in [0.15, 0.2) is 22.3 Å². The highest BCUT2D eigenvalue weighted by Gasteiger charge is 2.42. The molecule has 3 atom stereocenters. The van der Waals surface area contributed by atoms with Crippen LogP contribution in [0.4, 0.5) is 0 Å². The topological polar surface area (TPSA) is 158 Å². The first-order valence-electron chi connectivity index (χ1n) is 11.8. The summed E-state index contributed by atoms with van der Waals surface area (Å²) in [5.41, 5.74) is -1.46. The Morgan fingerprint density at radius 1 is 0.824 bits per heavy atom. The third-order valence-corrected chi connectivity index (χ3v) is 6.99. The van der Waals surface area contributed by atoms with E-state index in [4.69, 9.17) is 4.43 Å². The molecule has 1 rings (SSSR count). The van der Waals surface area contributed by atoms with Crippen molar-refractivity contribution in [3.63, 3.8) is 0 Å². The van der Waals surface area contributed by atoms with Crippen LogP contribution in [-0.4, -0.2) is 58.7 Å². The van der Waals surface area contributed by atoms with Gasteiger partial charge in [-0.05, 0) is 51.2 Å². The fourth-order valence-corrected chi connectivity index (χ4v) is 5.76. The lowest BCUT2D eigenvalue weighted by atomic mass is 9.74. The van der Waals surface area contributed by atoms with E-state index < -0.39 is 56.6 Å². The van der Waals surface area contributed by atoms with Crippen molar-refractivity contribution >= 4 is 32.2 Å². The second kappa shape index (κ2) is 12.8. The molecule has 9 nitrogen and oxygen atoms in total. The quantitative estimate of drug-likeness (QED) is 0.267. The number of carboxylic acids is 4. The SMILES string of the molecule is CCCCC1CC(C(=O)O)=C(C(=O)O)C(C(CCCC)O[Si](C)(C)C)CC(C(=O)O)=C1C(=O)O. The highest BCUT2D eigenvalue weighted by atomic mass is 28.4. The summed E-state index contributed by atoms with van der Waals surface area (Å²) in [6, 6.07) is 0. The van der Waals surface area contributed by atoms with Gasteiger partial charge in [0, 0.05) is 17.1 Å². The van der Waals surface area contributed by atoms with Gasteiger partial charge >= 0.3 is 23.9 Å². The Hall–Kier alpha value is -2.46. The standard InChI is InChI=1S/C24H38O9Si/c1-6-8-10-14-12-16(21(25)26)20(24(31)32)15(13-17(22(27)28)19(14)23(29)30)18(11-9-7-2)33-34(3,4)5/h14-15,18H,6-13H2,1-5H3,(H,25,26)(H,27,28)(H,29,30)(H,31,32). The molecule has 3 unspecified atom stereocenters. The van der Waals surface area contributed by atoms with Crippen molar-refractivity contribution in [1.29, 1.82) is 0 Å². The molecule has 192 valence electrons. The van der Waals surface area contributed by atoms with Crippen molar-refractivity contribution in [2.75, 3.05) is 0 Å². The minimum absolute atomic E-state index is 0.244. The summed E-state index contributed by atoms with van der Waals surface area (Å²) in [6.07, 6.45) is 1.80. The third kappa shape index (κ3) is 8.09. The molecule has 4 N–H and O–H groups in total. The van der Waals surface area contributed by atoms with Gasteiger partial charge in [0.15, 0.2) is 8.32 Å². The van der Waals surface area contributed by atoms with Gasteiger partial charge in [0.1, 0.15) is 0 Å². The van der Waals surface area contributed by atoms with Crippen molar-refractivity contribution in [1.82, 2.24) is 0 Å². The Kier molecular flexibility index (Phi) is 11.2. The first-order chi connectivity index (χ1) is 15.7. The number of carbonyl (C=O) groups is 4. The predicted octanol–water partition coefficient (Wildman–Crippen LogP) is 4.54. The molecule has 1 aliphatic rings. The van der Waals surface area contributed by atoms with E-state index in [1.807, 2.05) is 33.5 Å². The number of hydrogen-bond donors (Lipinski definition) is 4. The number of aliphatic carboxylic acids is 4. The maximum Gasteiger partial charge on any atom is 0.332 e. The number of hydrogen-bond acceptors (Lipinski definition) is 5. The van der Waals surface area contributed by atoms with Gasteiger partial charge in [-0.1, -0.05) is 39.5 Å². The molecule has 0 bridgehead atoms. The molecular formula is C24H38O9Si. The number of carboxylic acid groups (broad SMARTS) is 4. The first kappa shape index (κ1) is 29.6. The lowest BCUT2D eigenvalue weighted by Gasteiger charge is -2.36. The zero-order valence-corrected chi connectivity index (χ0v) is 21.7. The van der Waals surface area contributed by atoms with Gasteiger partial charge in [0.05, 0.1) is 17.3 Å². The average molecular weight is 499 g/mol. The fourth-order valence-electron chi connectivity index (χ4n) is 4.57. The van der Waals surface area contributed by atoms with Crippen LogP contribution in [-0.2, 0) is 23.6 Å². The average Bonchev–Trinajstić information content (AvgIpc) is 2.68. The van der Waals surface area contributed by atoms with Crippen LogP contribution < -0.4 is 0 Å². The smallest absolute Gasteiger partial charge is 0.332 e. The lowest BCUT2D eigenvalue weighted by molar-refractivity contribution is -0.138. The molecule has 0 fully saturated rings. The van der Waals surface area contributed by atoms with Gasteiger partial charge in [-0.2, -0.15) is 0 Å². The van der Waals surface area contributed by atoms with Crippen molar-refractivity contribution in [3.8, 4) is 0 Å². The Balaban J connectivity index is 3.94. The Labute approximate surface area is 201 Å². The summed E-state index contributed by atoms with van der Waals surface area (Å²) in [6.45, 7) is 9.56. The van der Waals surface area contributed by atoms with E-state index in [2.05, 4.69) is 0 Å². The van der Waals surface area contributed by atoms with Crippen molar-refractivity contribution in [3.05, 3.63) is 22.3 Å². The van der Waals surface area contributed by atoms with Gasteiger partial charge in [-0.3, -0.25) is 0 Å². The van der Waals surface area contributed by atoms with Crippen LogP contribution in [0.2, 0.25) is 19.6 Å². The van der Waals surface area contributed by atoms with E-state index >= 15 is 0 Å². The summed E-state index contributed by atoms with van der Waals surface area (Å²) < 4.78 is 6.29.